The second-order valence-electron chi connectivity index (χ2n) is 6.67. The molecular formula is C21H17FN3O4S-. The van der Waals surface area contributed by atoms with Gasteiger partial charge in [-0.1, -0.05) is 6.07 Å². The first-order valence-electron chi connectivity index (χ1n) is 8.98. The predicted molar refractivity (Wildman–Crippen MR) is 111 cm³/mol. The second-order valence-corrected chi connectivity index (χ2v) is 7.43. The normalized spacial score (nSPS) is 12.2. The Morgan fingerprint density at radius 2 is 1.93 bits per heavy atom. The number of rotatable bonds is 6. The van der Waals surface area contributed by atoms with Crippen LogP contribution < -0.4 is 15.0 Å². The van der Waals surface area contributed by atoms with Crippen LogP contribution in [0.4, 0.5) is 4.39 Å². The maximum Gasteiger partial charge on any atom is 0.274 e. The fraction of sp³-hybridized carbons (Fsp3) is 0.0952. The van der Waals surface area contributed by atoms with Crippen molar-refractivity contribution in [3.05, 3.63) is 82.7 Å². The number of aryl methyl sites for hydroxylation is 1. The molecule has 0 fully saturated rings. The van der Waals surface area contributed by atoms with Crippen LogP contribution in [0.1, 0.15) is 5.56 Å². The SMILES string of the molecule is Cn1cc(-c2cc(CNS(=O)[O-])ccc2Oc2ccc(F)cc2)c2cc[nH]c2c1=O. The molecular weight excluding hydrogens is 409 g/mol. The number of halogens is 1. The van der Waals surface area contributed by atoms with Crippen LogP contribution in [0.3, 0.4) is 0 Å². The van der Waals surface area contributed by atoms with E-state index in [0.717, 1.165) is 5.56 Å². The maximum absolute atomic E-state index is 13.2. The van der Waals surface area contributed by atoms with E-state index in [2.05, 4.69) is 9.71 Å². The molecule has 7 nitrogen and oxygen atoms in total. The number of fused-ring (bicyclic) bond motifs is 1. The summed E-state index contributed by atoms with van der Waals surface area (Å²) in [6, 6.07) is 12.7. The minimum Gasteiger partial charge on any atom is -0.760 e. The van der Waals surface area contributed by atoms with E-state index in [1.54, 1.807) is 43.7 Å². The van der Waals surface area contributed by atoms with Crippen molar-refractivity contribution in [3.63, 3.8) is 0 Å². The lowest BCUT2D eigenvalue weighted by Gasteiger charge is -2.16. The molecule has 30 heavy (non-hydrogen) atoms. The molecule has 2 aromatic carbocycles. The molecule has 9 heteroatoms. The maximum atomic E-state index is 13.2. The van der Waals surface area contributed by atoms with Crippen molar-refractivity contribution in [2.75, 3.05) is 0 Å². The number of nitrogens with zero attached hydrogens (tertiary/aromatic N) is 1. The number of ether oxygens (including phenoxy) is 1. The van der Waals surface area contributed by atoms with Crippen molar-refractivity contribution < 1.29 is 17.9 Å². The quantitative estimate of drug-likeness (QED) is 0.462. The van der Waals surface area contributed by atoms with Crippen LogP contribution in [0.25, 0.3) is 22.0 Å². The minimum absolute atomic E-state index is 0.0992. The molecule has 0 saturated heterocycles. The zero-order valence-corrected chi connectivity index (χ0v) is 16.7. The predicted octanol–water partition coefficient (Wildman–Crippen LogP) is 3.35. The zero-order valence-electron chi connectivity index (χ0n) is 15.8. The third-order valence-corrected chi connectivity index (χ3v) is 5.04. The first kappa shape index (κ1) is 20.0. The van der Waals surface area contributed by atoms with Crippen molar-refractivity contribution in [2.24, 2.45) is 7.05 Å². The number of aromatic nitrogens is 2. The van der Waals surface area contributed by atoms with Gasteiger partial charge in [0.1, 0.15) is 22.8 Å². The summed E-state index contributed by atoms with van der Waals surface area (Å²) in [7, 11) is 1.65. The van der Waals surface area contributed by atoms with E-state index in [1.807, 2.05) is 0 Å². The number of benzene rings is 2. The molecule has 0 bridgehead atoms. The van der Waals surface area contributed by atoms with Gasteiger partial charge in [-0.3, -0.25) is 9.00 Å². The first-order valence-corrected chi connectivity index (χ1v) is 10.1. The molecule has 4 rings (SSSR count). The van der Waals surface area contributed by atoms with Gasteiger partial charge in [0.15, 0.2) is 0 Å². The average Bonchev–Trinajstić information content (AvgIpc) is 3.22. The molecule has 2 aromatic heterocycles. The van der Waals surface area contributed by atoms with E-state index in [-0.39, 0.29) is 17.9 Å². The Morgan fingerprint density at radius 1 is 1.17 bits per heavy atom. The molecule has 0 amide bonds. The van der Waals surface area contributed by atoms with Crippen molar-refractivity contribution in [2.45, 2.75) is 6.54 Å². The second kappa shape index (κ2) is 8.23. The topological polar surface area (TPSA) is 99.2 Å². The fourth-order valence-electron chi connectivity index (χ4n) is 3.24. The van der Waals surface area contributed by atoms with Gasteiger partial charge in [-0.2, -0.15) is 0 Å². The summed E-state index contributed by atoms with van der Waals surface area (Å²) >= 11 is -2.40. The van der Waals surface area contributed by atoms with E-state index >= 15 is 0 Å². The Labute approximate surface area is 173 Å². The van der Waals surface area contributed by atoms with Crippen LogP contribution in [0, 0.1) is 5.82 Å². The summed E-state index contributed by atoms with van der Waals surface area (Å²) in [5.74, 6) is 0.552. The van der Waals surface area contributed by atoms with Crippen LogP contribution in [-0.4, -0.2) is 18.3 Å². The third kappa shape index (κ3) is 4.04. The lowest BCUT2D eigenvalue weighted by Crippen LogP contribution is -2.17. The van der Waals surface area contributed by atoms with Gasteiger partial charge < -0.3 is 18.8 Å². The Balaban J connectivity index is 1.87. The molecule has 2 heterocycles. The summed E-state index contributed by atoms with van der Waals surface area (Å²) in [6.07, 6.45) is 3.39. The lowest BCUT2D eigenvalue weighted by atomic mass is 10.0. The lowest BCUT2D eigenvalue weighted by molar-refractivity contribution is 0.482. The molecule has 0 radical (unpaired) electrons. The molecule has 0 saturated carbocycles. The molecule has 0 aliphatic carbocycles. The highest BCUT2D eigenvalue weighted by molar-refractivity contribution is 7.77. The van der Waals surface area contributed by atoms with Gasteiger partial charge in [-0.15, -0.1) is 0 Å². The highest BCUT2D eigenvalue weighted by Crippen LogP contribution is 2.37. The average molecular weight is 426 g/mol. The summed E-state index contributed by atoms with van der Waals surface area (Å²) in [5.41, 5.74) is 2.38. The number of H-pyrrole nitrogens is 1. The van der Waals surface area contributed by atoms with Crippen molar-refractivity contribution in [1.29, 1.82) is 0 Å². The van der Waals surface area contributed by atoms with E-state index in [0.29, 0.717) is 33.5 Å². The van der Waals surface area contributed by atoms with Gasteiger partial charge in [0.05, 0.1) is 0 Å². The zero-order chi connectivity index (χ0) is 21.3. The van der Waals surface area contributed by atoms with Crippen molar-refractivity contribution in [3.8, 4) is 22.6 Å². The smallest absolute Gasteiger partial charge is 0.274 e. The molecule has 0 aliphatic heterocycles. The van der Waals surface area contributed by atoms with E-state index in [9.17, 15) is 17.9 Å². The molecule has 0 aliphatic rings. The highest BCUT2D eigenvalue weighted by atomic mass is 32.2. The van der Waals surface area contributed by atoms with Gasteiger partial charge in [-0.05, 0) is 48.0 Å². The molecule has 0 spiro atoms. The van der Waals surface area contributed by atoms with Gasteiger partial charge in [0.2, 0.25) is 0 Å². The summed E-state index contributed by atoms with van der Waals surface area (Å²) in [6.45, 7) is 0.0992. The molecule has 1 unspecified atom stereocenters. The van der Waals surface area contributed by atoms with Crippen molar-refractivity contribution in [1.82, 2.24) is 14.3 Å². The van der Waals surface area contributed by atoms with Crippen LogP contribution in [-0.2, 0) is 24.9 Å². The van der Waals surface area contributed by atoms with Crippen LogP contribution in [0.5, 0.6) is 11.5 Å². The van der Waals surface area contributed by atoms with Gasteiger partial charge in [0.25, 0.3) is 5.56 Å². The Bertz CT molecular complexity index is 1300. The van der Waals surface area contributed by atoms with E-state index < -0.39 is 11.3 Å². The summed E-state index contributed by atoms with van der Waals surface area (Å²) in [5, 5.41) is 0.708. The van der Waals surface area contributed by atoms with Crippen LogP contribution in [0.15, 0.2) is 65.7 Å². The number of hydrogen-bond acceptors (Lipinski definition) is 4. The van der Waals surface area contributed by atoms with Gasteiger partial charge in [-0.25, -0.2) is 9.11 Å². The number of pyridine rings is 1. The summed E-state index contributed by atoms with van der Waals surface area (Å²) in [4.78, 5) is 15.4. The fourth-order valence-corrected chi connectivity index (χ4v) is 3.53. The van der Waals surface area contributed by atoms with E-state index in [1.165, 1.54) is 28.8 Å². The third-order valence-electron chi connectivity index (χ3n) is 4.66. The minimum atomic E-state index is -2.40. The van der Waals surface area contributed by atoms with Gasteiger partial charge >= 0.3 is 0 Å². The molecule has 1 atom stereocenters. The molecule has 154 valence electrons. The Hall–Kier alpha value is -3.27. The number of hydrogen-bond donors (Lipinski definition) is 2. The van der Waals surface area contributed by atoms with Crippen LogP contribution in [0.2, 0.25) is 0 Å². The monoisotopic (exact) mass is 426 g/mol. The van der Waals surface area contributed by atoms with Crippen molar-refractivity contribution >= 4 is 22.2 Å². The number of nitrogens with one attached hydrogen (secondary N) is 2. The van der Waals surface area contributed by atoms with Crippen LogP contribution >= 0.6 is 0 Å². The Morgan fingerprint density at radius 3 is 2.67 bits per heavy atom. The Kier molecular flexibility index (Phi) is 5.49. The first-order chi connectivity index (χ1) is 14.4. The summed E-state index contributed by atoms with van der Waals surface area (Å²) < 4.78 is 44.8. The standard InChI is InChI=1S/C21H18FN3O4S/c1-25-12-18(16-8-9-23-20(16)21(25)26)17-10-13(11-24-30(27)28)2-7-19(17)29-15-5-3-14(22)4-6-15/h2-10,12,23-24H,11H2,1H3,(H,27,28)/p-1. The molecule has 2 N–H and O–H groups in total. The molecule has 4 aromatic rings. The van der Waals surface area contributed by atoms with Gasteiger partial charge in [0, 0.05) is 53.8 Å². The highest BCUT2D eigenvalue weighted by Gasteiger charge is 2.15. The van der Waals surface area contributed by atoms with E-state index in [4.69, 9.17) is 4.74 Å². The number of aromatic amines is 1. The largest absolute Gasteiger partial charge is 0.760 e.